The van der Waals surface area contributed by atoms with Crippen molar-refractivity contribution in [3.8, 4) is 0 Å². The second-order valence-corrected chi connectivity index (χ2v) is 5.43. The van der Waals surface area contributed by atoms with Crippen LogP contribution in [0.3, 0.4) is 0 Å². The molecular weight excluding hydrogens is 246 g/mol. The number of benzene rings is 2. The van der Waals surface area contributed by atoms with Gasteiger partial charge in [-0.15, -0.1) is 0 Å². The van der Waals surface area contributed by atoms with E-state index in [1.807, 2.05) is 0 Å². The van der Waals surface area contributed by atoms with Crippen LogP contribution >= 0.6 is 0 Å². The summed E-state index contributed by atoms with van der Waals surface area (Å²) in [4.78, 5) is 4.30. The number of rotatable bonds is 5. The quantitative estimate of drug-likeness (QED) is 0.647. The zero-order chi connectivity index (χ0) is 14.4. The second kappa shape index (κ2) is 6.94. The summed E-state index contributed by atoms with van der Waals surface area (Å²) < 4.78 is 0. The van der Waals surface area contributed by atoms with E-state index in [4.69, 9.17) is 5.73 Å². The largest absolute Gasteiger partial charge is 0.370 e. The van der Waals surface area contributed by atoms with Crippen LogP contribution in [0.4, 0.5) is 0 Å². The molecule has 0 heterocycles. The van der Waals surface area contributed by atoms with E-state index >= 15 is 0 Å². The molecular formula is C17H23N3. The summed E-state index contributed by atoms with van der Waals surface area (Å²) in [5.41, 5.74) is 7.18. The molecule has 106 valence electrons. The van der Waals surface area contributed by atoms with Gasteiger partial charge in [0.15, 0.2) is 5.96 Å². The molecule has 2 aromatic rings. The standard InChI is InChI=1S/C17H23N3/c1-13(2)12-20-17(18)19-11-10-15-8-5-7-14-6-3-4-9-16(14)15/h3-9,13H,10-12H2,1-2H3,(H3,18,19,20). The van der Waals surface area contributed by atoms with Gasteiger partial charge in [0.25, 0.3) is 0 Å². The second-order valence-electron chi connectivity index (χ2n) is 5.43. The topological polar surface area (TPSA) is 50.4 Å². The number of hydrogen-bond donors (Lipinski definition) is 2. The zero-order valence-corrected chi connectivity index (χ0v) is 12.3. The molecule has 0 aliphatic rings. The molecule has 2 rings (SSSR count). The monoisotopic (exact) mass is 269 g/mol. The lowest BCUT2D eigenvalue weighted by Crippen LogP contribution is -2.33. The zero-order valence-electron chi connectivity index (χ0n) is 12.3. The molecule has 0 unspecified atom stereocenters. The molecule has 2 aromatic carbocycles. The summed E-state index contributed by atoms with van der Waals surface area (Å²) in [5.74, 6) is 1.08. The van der Waals surface area contributed by atoms with E-state index < -0.39 is 0 Å². The highest BCUT2D eigenvalue weighted by Crippen LogP contribution is 2.18. The Bertz CT molecular complexity index is 582. The fourth-order valence-electron chi connectivity index (χ4n) is 2.17. The van der Waals surface area contributed by atoms with Gasteiger partial charge in [-0.3, -0.25) is 4.99 Å². The third kappa shape index (κ3) is 3.98. The Hall–Kier alpha value is -2.03. The van der Waals surface area contributed by atoms with Gasteiger partial charge in [-0.25, -0.2) is 0 Å². The first-order valence-corrected chi connectivity index (χ1v) is 7.17. The summed E-state index contributed by atoms with van der Waals surface area (Å²) in [6, 6.07) is 14.9. The first kappa shape index (κ1) is 14.4. The molecule has 0 saturated heterocycles. The molecule has 0 aliphatic heterocycles. The molecule has 3 nitrogen and oxygen atoms in total. The lowest BCUT2D eigenvalue weighted by atomic mass is 10.0. The van der Waals surface area contributed by atoms with Crippen LogP contribution < -0.4 is 11.1 Å². The number of aliphatic imine (C=N–C) groups is 1. The van der Waals surface area contributed by atoms with E-state index in [1.165, 1.54) is 16.3 Å². The number of nitrogens with two attached hydrogens (primary N) is 1. The summed E-state index contributed by atoms with van der Waals surface area (Å²) in [6.45, 7) is 5.84. The van der Waals surface area contributed by atoms with Crippen LogP contribution in [0.2, 0.25) is 0 Å². The van der Waals surface area contributed by atoms with Crippen LogP contribution in [0.15, 0.2) is 47.5 Å². The van der Waals surface area contributed by atoms with Crippen LogP contribution in [0.5, 0.6) is 0 Å². The van der Waals surface area contributed by atoms with Crippen molar-refractivity contribution in [2.24, 2.45) is 16.6 Å². The summed E-state index contributed by atoms with van der Waals surface area (Å²) in [6.07, 6.45) is 0.944. The Labute approximate surface area is 120 Å². The van der Waals surface area contributed by atoms with Crippen molar-refractivity contribution in [1.82, 2.24) is 5.32 Å². The van der Waals surface area contributed by atoms with Crippen LogP contribution in [-0.4, -0.2) is 19.0 Å². The van der Waals surface area contributed by atoms with Crippen molar-refractivity contribution in [2.75, 3.05) is 13.1 Å². The number of fused-ring (bicyclic) bond motifs is 1. The molecule has 0 bridgehead atoms. The average molecular weight is 269 g/mol. The first-order valence-electron chi connectivity index (χ1n) is 7.17. The SMILES string of the molecule is CC(C)CN=C(N)NCCc1cccc2ccccc12. The van der Waals surface area contributed by atoms with Crippen molar-refractivity contribution in [1.29, 1.82) is 0 Å². The fourth-order valence-corrected chi connectivity index (χ4v) is 2.17. The van der Waals surface area contributed by atoms with Gasteiger partial charge in [0.2, 0.25) is 0 Å². The number of hydrogen-bond acceptors (Lipinski definition) is 1. The molecule has 3 N–H and O–H groups in total. The third-order valence-electron chi connectivity index (χ3n) is 3.21. The van der Waals surface area contributed by atoms with E-state index in [1.54, 1.807) is 0 Å². The van der Waals surface area contributed by atoms with E-state index in [2.05, 4.69) is 66.6 Å². The molecule has 0 fully saturated rings. The average Bonchev–Trinajstić information content (AvgIpc) is 2.45. The minimum Gasteiger partial charge on any atom is -0.370 e. The van der Waals surface area contributed by atoms with E-state index in [-0.39, 0.29) is 0 Å². The lowest BCUT2D eigenvalue weighted by molar-refractivity contribution is 0.661. The molecule has 0 amide bonds. The van der Waals surface area contributed by atoms with Gasteiger partial charge >= 0.3 is 0 Å². The predicted molar refractivity (Wildman–Crippen MR) is 87.0 cm³/mol. The highest BCUT2D eigenvalue weighted by molar-refractivity contribution is 5.85. The van der Waals surface area contributed by atoms with Gasteiger partial charge in [-0.2, -0.15) is 0 Å². The van der Waals surface area contributed by atoms with Gasteiger partial charge in [0.1, 0.15) is 0 Å². The van der Waals surface area contributed by atoms with Gasteiger partial charge in [-0.05, 0) is 28.7 Å². The molecule has 0 atom stereocenters. The van der Waals surface area contributed by atoms with Crippen molar-refractivity contribution in [2.45, 2.75) is 20.3 Å². The van der Waals surface area contributed by atoms with Crippen LogP contribution in [0, 0.1) is 5.92 Å². The van der Waals surface area contributed by atoms with E-state index in [0.29, 0.717) is 11.9 Å². The maximum atomic E-state index is 5.84. The Morgan fingerprint density at radius 1 is 1.15 bits per heavy atom. The maximum absolute atomic E-state index is 5.84. The summed E-state index contributed by atoms with van der Waals surface area (Å²) in [5, 5.41) is 5.78. The maximum Gasteiger partial charge on any atom is 0.188 e. The van der Waals surface area contributed by atoms with Crippen molar-refractivity contribution < 1.29 is 0 Å². The highest BCUT2D eigenvalue weighted by Gasteiger charge is 2.00. The Balaban J connectivity index is 1.95. The summed E-state index contributed by atoms with van der Waals surface area (Å²) >= 11 is 0. The van der Waals surface area contributed by atoms with Crippen molar-refractivity contribution >= 4 is 16.7 Å². The van der Waals surface area contributed by atoms with Crippen LogP contribution in [-0.2, 0) is 6.42 Å². The molecule has 0 aliphatic carbocycles. The smallest absolute Gasteiger partial charge is 0.188 e. The lowest BCUT2D eigenvalue weighted by Gasteiger charge is -2.09. The van der Waals surface area contributed by atoms with Crippen molar-refractivity contribution in [3.05, 3.63) is 48.0 Å². The van der Waals surface area contributed by atoms with Gasteiger partial charge in [0.05, 0.1) is 0 Å². The molecule has 0 spiro atoms. The Kier molecular flexibility index (Phi) is 4.99. The normalized spacial score (nSPS) is 12.1. The Morgan fingerprint density at radius 3 is 2.70 bits per heavy atom. The number of guanidine groups is 1. The third-order valence-corrected chi connectivity index (χ3v) is 3.21. The van der Waals surface area contributed by atoms with E-state index in [0.717, 1.165) is 19.5 Å². The molecule has 3 heteroatoms. The minimum absolute atomic E-state index is 0.536. The Morgan fingerprint density at radius 2 is 1.90 bits per heavy atom. The first-order chi connectivity index (χ1) is 9.66. The van der Waals surface area contributed by atoms with Gasteiger partial charge in [0, 0.05) is 13.1 Å². The fraction of sp³-hybridized carbons (Fsp3) is 0.353. The van der Waals surface area contributed by atoms with Crippen LogP contribution in [0.1, 0.15) is 19.4 Å². The molecule has 0 aromatic heterocycles. The molecule has 0 radical (unpaired) electrons. The van der Waals surface area contributed by atoms with Crippen LogP contribution in [0.25, 0.3) is 10.8 Å². The highest BCUT2D eigenvalue weighted by atomic mass is 15.1. The summed E-state index contributed by atoms with van der Waals surface area (Å²) in [7, 11) is 0. The predicted octanol–water partition coefficient (Wildman–Crippen LogP) is 2.94. The van der Waals surface area contributed by atoms with Gasteiger partial charge < -0.3 is 11.1 Å². The van der Waals surface area contributed by atoms with Crippen molar-refractivity contribution in [3.63, 3.8) is 0 Å². The minimum atomic E-state index is 0.536. The van der Waals surface area contributed by atoms with Gasteiger partial charge in [-0.1, -0.05) is 56.3 Å². The molecule has 0 saturated carbocycles. The molecule has 20 heavy (non-hydrogen) atoms. The van der Waals surface area contributed by atoms with E-state index in [9.17, 15) is 0 Å². The number of nitrogens with one attached hydrogen (secondary N) is 1. The number of nitrogens with zero attached hydrogens (tertiary/aromatic N) is 1.